The first-order chi connectivity index (χ1) is 4.45. The van der Waals surface area contributed by atoms with Crippen LogP contribution in [-0.4, -0.2) is 27.2 Å². The maximum atomic E-state index is 10.4. The number of carbonyl (C=O) groups excluding carboxylic acids is 1. The lowest BCUT2D eigenvalue weighted by molar-refractivity contribution is -0.138. The van der Waals surface area contributed by atoms with Gasteiger partial charge in [-0.1, -0.05) is 0 Å². The van der Waals surface area contributed by atoms with E-state index in [9.17, 15) is 13.2 Å². The van der Waals surface area contributed by atoms with E-state index < -0.39 is 15.8 Å². The van der Waals surface area contributed by atoms with Crippen LogP contribution in [0, 0.1) is 5.75 Å². The van der Waals surface area contributed by atoms with Gasteiger partial charge >= 0.3 is 5.97 Å². The van der Waals surface area contributed by atoms with Crippen LogP contribution < -0.4 is 0 Å². The Kier molecular flexibility index (Phi) is 3.35. The highest BCUT2D eigenvalue weighted by molar-refractivity contribution is 7.93. The van der Waals surface area contributed by atoms with Crippen molar-refractivity contribution in [1.82, 2.24) is 0 Å². The van der Waals surface area contributed by atoms with Crippen LogP contribution in [0.4, 0.5) is 0 Å². The van der Waals surface area contributed by atoms with Crippen LogP contribution in [0.2, 0.25) is 0 Å². The van der Waals surface area contributed by atoms with Gasteiger partial charge in [0.15, 0.2) is 15.6 Å². The highest BCUT2D eigenvalue weighted by atomic mass is 32.2. The Morgan fingerprint density at radius 2 is 2.10 bits per heavy atom. The normalized spacial score (nSPS) is 11.0. The van der Waals surface area contributed by atoms with Gasteiger partial charge in [-0.2, -0.15) is 0 Å². The quantitative estimate of drug-likeness (QED) is 0.541. The lowest BCUT2D eigenvalue weighted by atomic mass is 10.8. The molecule has 0 aliphatic rings. The van der Waals surface area contributed by atoms with Crippen molar-refractivity contribution in [3.63, 3.8) is 0 Å². The third-order valence-electron chi connectivity index (χ3n) is 0.597. The molecule has 5 heteroatoms. The molecule has 0 aromatic carbocycles. The molecule has 0 aliphatic heterocycles. The summed E-state index contributed by atoms with van der Waals surface area (Å²) in [6, 6.07) is 0. The van der Waals surface area contributed by atoms with Crippen molar-refractivity contribution in [1.29, 1.82) is 0 Å². The van der Waals surface area contributed by atoms with Gasteiger partial charge in [0.2, 0.25) is 0 Å². The van der Waals surface area contributed by atoms with Crippen LogP contribution in [0.15, 0.2) is 0 Å². The predicted molar refractivity (Wildman–Crippen MR) is 35.8 cm³/mol. The molecule has 0 bridgehead atoms. The van der Waals surface area contributed by atoms with E-state index in [1.54, 1.807) is 6.92 Å². The molecule has 0 unspecified atom stereocenters. The first-order valence-electron chi connectivity index (χ1n) is 2.67. The maximum absolute atomic E-state index is 10.4. The van der Waals surface area contributed by atoms with E-state index in [0.717, 1.165) is 6.26 Å². The lowest BCUT2D eigenvalue weighted by Gasteiger charge is -1.97. The Morgan fingerprint density at radius 3 is 2.40 bits per heavy atom. The molecule has 0 spiro atoms. The monoisotopic (exact) mass is 165 g/mol. The molecule has 0 saturated heterocycles. The van der Waals surface area contributed by atoms with Crippen LogP contribution >= 0.6 is 0 Å². The summed E-state index contributed by atoms with van der Waals surface area (Å²) < 4.78 is 25.1. The summed E-state index contributed by atoms with van der Waals surface area (Å²) in [6.07, 6.45) is 0.934. The molecule has 0 aromatic rings. The minimum atomic E-state index is -3.35. The van der Waals surface area contributed by atoms with Crippen molar-refractivity contribution in [2.75, 3.05) is 12.9 Å². The van der Waals surface area contributed by atoms with Crippen molar-refractivity contribution in [2.45, 2.75) is 6.92 Å². The van der Waals surface area contributed by atoms with E-state index in [1.807, 2.05) is 0 Å². The van der Waals surface area contributed by atoms with E-state index >= 15 is 0 Å². The summed E-state index contributed by atoms with van der Waals surface area (Å²) >= 11 is 0. The Balaban J connectivity index is 3.82. The second-order valence-corrected chi connectivity index (χ2v) is 3.59. The van der Waals surface area contributed by atoms with Crippen molar-refractivity contribution in [2.24, 2.45) is 0 Å². The molecular weight excluding hydrogens is 156 g/mol. The van der Waals surface area contributed by atoms with Gasteiger partial charge < -0.3 is 4.74 Å². The topological polar surface area (TPSA) is 60.4 Å². The smallest absolute Gasteiger partial charge is 0.326 e. The molecule has 0 saturated carbocycles. The zero-order valence-corrected chi connectivity index (χ0v) is 6.64. The largest absolute Gasteiger partial charge is 0.465 e. The van der Waals surface area contributed by atoms with Gasteiger partial charge in [-0.3, -0.25) is 4.79 Å². The third kappa shape index (κ3) is 5.55. The molecule has 0 heterocycles. The lowest BCUT2D eigenvalue weighted by Crippen LogP contribution is -2.10. The number of ether oxygens (including phenoxy) is 1. The molecule has 0 atom stereocenters. The Bertz CT molecular complexity index is 204. The van der Waals surface area contributed by atoms with E-state index in [1.165, 1.54) is 0 Å². The summed E-state index contributed by atoms with van der Waals surface area (Å²) in [4.78, 5) is 10.4. The van der Waals surface area contributed by atoms with E-state index in [-0.39, 0.29) is 6.61 Å². The fourth-order valence-corrected chi connectivity index (χ4v) is 0.769. The molecule has 59 valence electrons. The molecule has 0 N–H and O–H groups in total. The zero-order valence-electron chi connectivity index (χ0n) is 5.83. The number of carbonyl (C=O) groups is 1. The summed E-state index contributed by atoms with van der Waals surface area (Å²) in [6.45, 7) is 1.79. The van der Waals surface area contributed by atoms with Gasteiger partial charge in [0.1, 0.15) is 0 Å². The zero-order chi connectivity index (χ0) is 8.20. The Hall–Kier alpha value is -0.580. The van der Waals surface area contributed by atoms with Crippen LogP contribution in [0.1, 0.15) is 6.92 Å². The number of hydrogen-bond donors (Lipinski definition) is 0. The van der Waals surface area contributed by atoms with Gasteiger partial charge in [-0.25, -0.2) is 8.42 Å². The number of hydrogen-bond acceptors (Lipinski definition) is 4. The minimum absolute atomic E-state index is 0.185. The van der Waals surface area contributed by atoms with Gasteiger partial charge in [-0.05, 0) is 6.92 Å². The SMILES string of the molecule is CCOC(=O)[CH]S(C)(=O)=O. The summed E-state index contributed by atoms with van der Waals surface area (Å²) in [5.74, 6) is -0.263. The van der Waals surface area contributed by atoms with Gasteiger partial charge in [-0.15, -0.1) is 0 Å². The maximum Gasteiger partial charge on any atom is 0.326 e. The first kappa shape index (κ1) is 9.42. The fraction of sp³-hybridized carbons (Fsp3) is 0.600. The molecule has 0 aromatic heterocycles. The summed E-state index contributed by atoms with van der Waals surface area (Å²) in [5.41, 5.74) is 0. The number of sulfone groups is 1. The average Bonchev–Trinajstić information content (AvgIpc) is 1.59. The fourth-order valence-electron chi connectivity index (χ4n) is 0.351. The molecule has 1 radical (unpaired) electrons. The molecule has 0 rings (SSSR count). The highest BCUT2D eigenvalue weighted by Crippen LogP contribution is 1.92. The Morgan fingerprint density at radius 1 is 1.60 bits per heavy atom. The summed E-state index contributed by atoms with van der Waals surface area (Å²) in [7, 11) is -3.35. The van der Waals surface area contributed by atoms with Gasteiger partial charge in [0.05, 0.1) is 6.61 Å². The molecule has 0 fully saturated rings. The molecule has 0 amide bonds. The van der Waals surface area contributed by atoms with E-state index in [4.69, 9.17) is 0 Å². The standard InChI is InChI=1S/C5H9O4S/c1-3-9-5(6)4-10(2,7)8/h4H,3H2,1-2H3. The average molecular weight is 165 g/mol. The summed E-state index contributed by atoms with van der Waals surface area (Å²) in [5, 5.41) is 0. The molecule has 0 aliphatic carbocycles. The highest BCUT2D eigenvalue weighted by Gasteiger charge is 2.11. The van der Waals surface area contributed by atoms with E-state index in [2.05, 4.69) is 4.74 Å². The van der Waals surface area contributed by atoms with Crippen LogP contribution in [0.3, 0.4) is 0 Å². The van der Waals surface area contributed by atoms with Crippen molar-refractivity contribution in [3.05, 3.63) is 5.75 Å². The molecular formula is C5H9O4S. The second-order valence-electron chi connectivity index (χ2n) is 1.70. The van der Waals surface area contributed by atoms with Crippen LogP contribution in [0.25, 0.3) is 0 Å². The van der Waals surface area contributed by atoms with Crippen molar-refractivity contribution < 1.29 is 17.9 Å². The van der Waals surface area contributed by atoms with E-state index in [0.29, 0.717) is 5.75 Å². The first-order valence-corrected chi connectivity index (χ1v) is 4.62. The van der Waals surface area contributed by atoms with Crippen LogP contribution in [0.5, 0.6) is 0 Å². The minimum Gasteiger partial charge on any atom is -0.465 e. The predicted octanol–water partition coefficient (Wildman–Crippen LogP) is -0.244. The number of rotatable bonds is 3. The van der Waals surface area contributed by atoms with Gasteiger partial charge in [0, 0.05) is 6.26 Å². The second kappa shape index (κ2) is 3.55. The van der Waals surface area contributed by atoms with Crippen molar-refractivity contribution >= 4 is 15.8 Å². The van der Waals surface area contributed by atoms with Crippen molar-refractivity contribution in [3.8, 4) is 0 Å². The molecule has 10 heavy (non-hydrogen) atoms. The molecule has 4 nitrogen and oxygen atoms in total. The Labute approximate surface area is 60.1 Å². The van der Waals surface area contributed by atoms with Gasteiger partial charge in [0.25, 0.3) is 0 Å². The third-order valence-corrected chi connectivity index (χ3v) is 1.22. The number of esters is 1. The van der Waals surface area contributed by atoms with Crippen LogP contribution in [-0.2, 0) is 19.4 Å².